The quantitative estimate of drug-likeness (QED) is 0.403. The molecule has 0 saturated heterocycles. The first-order valence-electron chi connectivity index (χ1n) is 8.90. The van der Waals surface area contributed by atoms with E-state index in [1.807, 2.05) is 0 Å². The molecule has 2 rings (SSSR count). The van der Waals surface area contributed by atoms with Crippen LogP contribution < -0.4 is 11.1 Å². The fraction of sp³-hybridized carbons (Fsp3) is 0.182. The number of ether oxygens (including phenoxy) is 1. The summed E-state index contributed by atoms with van der Waals surface area (Å²) >= 11 is 0. The number of esters is 1. The second-order valence-electron chi connectivity index (χ2n) is 6.22. The van der Waals surface area contributed by atoms with Gasteiger partial charge in [-0.3, -0.25) is 4.79 Å². The molecule has 0 unspecified atom stereocenters. The third-order valence-corrected chi connectivity index (χ3v) is 4.19. The lowest BCUT2D eigenvalue weighted by molar-refractivity contribution is -0.117. The second-order valence-corrected chi connectivity index (χ2v) is 6.22. The highest BCUT2D eigenvalue weighted by molar-refractivity contribution is 5.93. The summed E-state index contributed by atoms with van der Waals surface area (Å²) in [6.45, 7) is 0.197. The lowest BCUT2D eigenvalue weighted by atomic mass is 10.0. The number of hydrogen-bond acceptors (Lipinski definition) is 4. The minimum atomic E-state index is -0.725. The van der Waals surface area contributed by atoms with Crippen LogP contribution in [-0.2, 0) is 22.5 Å². The average molecular weight is 400 g/mol. The predicted octanol–water partition coefficient (Wildman–Crippen LogP) is 3.56. The summed E-state index contributed by atoms with van der Waals surface area (Å²) in [5.41, 5.74) is 7.36. The van der Waals surface area contributed by atoms with Gasteiger partial charge in [0, 0.05) is 18.3 Å². The molecule has 0 bridgehead atoms. The molecule has 0 aliphatic rings. The first-order chi connectivity index (χ1) is 13.9. The Morgan fingerprint density at radius 2 is 1.69 bits per heavy atom. The topological polar surface area (TPSA) is 81.4 Å². The molecule has 0 spiro atoms. The van der Waals surface area contributed by atoms with E-state index in [1.54, 1.807) is 36.4 Å². The highest BCUT2D eigenvalue weighted by atomic mass is 19.1. The van der Waals surface area contributed by atoms with E-state index >= 15 is 0 Å². The largest absolute Gasteiger partial charge is 0.465 e. The molecule has 0 fully saturated rings. The monoisotopic (exact) mass is 400 g/mol. The third-order valence-electron chi connectivity index (χ3n) is 4.19. The van der Waals surface area contributed by atoms with Crippen LogP contribution in [0.25, 0.3) is 0 Å². The normalized spacial score (nSPS) is 11.8. The highest BCUT2D eigenvalue weighted by Gasteiger charge is 2.11. The first-order valence-corrected chi connectivity index (χ1v) is 8.90. The molecule has 7 heteroatoms. The molecule has 0 heterocycles. The Balaban J connectivity index is 2.02. The van der Waals surface area contributed by atoms with Crippen molar-refractivity contribution in [2.24, 2.45) is 5.73 Å². The first kappa shape index (κ1) is 21.8. The van der Waals surface area contributed by atoms with Crippen molar-refractivity contribution in [1.29, 1.82) is 0 Å². The van der Waals surface area contributed by atoms with Gasteiger partial charge in [-0.2, -0.15) is 0 Å². The molecule has 3 N–H and O–H groups in total. The Morgan fingerprint density at radius 3 is 2.28 bits per heavy atom. The van der Waals surface area contributed by atoms with Crippen molar-refractivity contribution >= 4 is 11.9 Å². The van der Waals surface area contributed by atoms with Crippen molar-refractivity contribution in [3.05, 3.63) is 94.7 Å². The van der Waals surface area contributed by atoms with Crippen LogP contribution in [0.5, 0.6) is 0 Å². The van der Waals surface area contributed by atoms with Crippen molar-refractivity contribution in [2.45, 2.75) is 19.4 Å². The zero-order valence-electron chi connectivity index (χ0n) is 16.0. The second kappa shape index (κ2) is 10.8. The molecule has 0 atom stereocenters. The molecule has 0 saturated carbocycles. The molecule has 2 aromatic rings. The van der Waals surface area contributed by atoms with Gasteiger partial charge in [-0.05, 0) is 54.3 Å². The van der Waals surface area contributed by atoms with Crippen molar-refractivity contribution < 1.29 is 23.1 Å². The summed E-state index contributed by atoms with van der Waals surface area (Å²) in [7, 11) is 1.30. The van der Waals surface area contributed by atoms with E-state index in [4.69, 9.17) is 5.73 Å². The molecule has 0 aromatic heterocycles. The van der Waals surface area contributed by atoms with E-state index in [2.05, 4.69) is 10.1 Å². The van der Waals surface area contributed by atoms with Gasteiger partial charge in [-0.1, -0.05) is 24.3 Å². The van der Waals surface area contributed by atoms with Crippen molar-refractivity contribution in [2.75, 3.05) is 7.11 Å². The minimum Gasteiger partial charge on any atom is -0.465 e. The number of carbonyl (C=O) groups is 2. The standard InChI is InChI=1S/C22H22F2N2O3/c1-29-22(28)17-7-3-16(4-8-17)14-26-21(27)18(12-20(24)13-25)9-2-15-5-10-19(23)11-6-15/h3-8,10-13H,2,9,14,25H2,1H3,(H,26,27)/b18-12+,20-13+. The van der Waals surface area contributed by atoms with Gasteiger partial charge in [-0.25, -0.2) is 13.6 Å². The number of halogens is 2. The van der Waals surface area contributed by atoms with Gasteiger partial charge in [0.2, 0.25) is 5.91 Å². The van der Waals surface area contributed by atoms with Gasteiger partial charge in [-0.15, -0.1) is 0 Å². The maximum absolute atomic E-state index is 13.6. The SMILES string of the molecule is COC(=O)c1ccc(CNC(=O)/C(=C/C(F)=C\N)CCc2ccc(F)cc2)cc1. The number of carbonyl (C=O) groups excluding carboxylic acids is 2. The number of nitrogens with one attached hydrogen (secondary N) is 1. The molecule has 1 amide bonds. The van der Waals surface area contributed by atoms with Crippen molar-refractivity contribution in [1.82, 2.24) is 5.32 Å². The van der Waals surface area contributed by atoms with Crippen LogP contribution >= 0.6 is 0 Å². The van der Waals surface area contributed by atoms with Crippen LogP contribution in [0.2, 0.25) is 0 Å². The maximum Gasteiger partial charge on any atom is 0.337 e. The molecule has 0 radical (unpaired) electrons. The Hall–Kier alpha value is -3.48. The van der Waals surface area contributed by atoms with Gasteiger partial charge in [0.25, 0.3) is 0 Å². The van der Waals surface area contributed by atoms with E-state index in [-0.39, 0.29) is 24.4 Å². The molecule has 29 heavy (non-hydrogen) atoms. The number of aryl methyl sites for hydroxylation is 1. The van der Waals surface area contributed by atoms with Crippen LogP contribution in [-0.4, -0.2) is 19.0 Å². The van der Waals surface area contributed by atoms with Crippen LogP contribution in [0.4, 0.5) is 8.78 Å². The number of amides is 1. The summed E-state index contributed by atoms with van der Waals surface area (Å²) in [6, 6.07) is 12.5. The zero-order chi connectivity index (χ0) is 21.2. The molecule has 5 nitrogen and oxygen atoms in total. The van der Waals surface area contributed by atoms with Gasteiger partial charge < -0.3 is 15.8 Å². The van der Waals surface area contributed by atoms with Crippen LogP contribution in [0.15, 0.2) is 72.2 Å². The summed E-state index contributed by atoms with van der Waals surface area (Å²) in [5.74, 6) is -1.97. The van der Waals surface area contributed by atoms with Gasteiger partial charge in [0.05, 0.1) is 12.7 Å². The molecule has 0 aliphatic heterocycles. The smallest absolute Gasteiger partial charge is 0.337 e. The zero-order valence-corrected chi connectivity index (χ0v) is 16.0. The number of rotatable bonds is 8. The number of benzene rings is 2. The Labute approximate surface area is 167 Å². The third kappa shape index (κ3) is 6.88. The van der Waals surface area contributed by atoms with Gasteiger partial charge in [0.1, 0.15) is 11.6 Å². The van der Waals surface area contributed by atoms with Crippen LogP contribution in [0.3, 0.4) is 0 Å². The molecular weight excluding hydrogens is 378 g/mol. The Bertz CT molecular complexity index is 905. The van der Waals surface area contributed by atoms with E-state index in [1.165, 1.54) is 19.2 Å². The minimum absolute atomic E-state index is 0.197. The summed E-state index contributed by atoms with van der Waals surface area (Å²) in [5, 5.41) is 2.72. The summed E-state index contributed by atoms with van der Waals surface area (Å²) in [4.78, 5) is 24.0. The van der Waals surface area contributed by atoms with Crippen molar-refractivity contribution in [3.8, 4) is 0 Å². The van der Waals surface area contributed by atoms with Gasteiger partial charge >= 0.3 is 5.97 Å². The molecule has 2 aromatic carbocycles. The van der Waals surface area contributed by atoms with E-state index < -0.39 is 17.7 Å². The Morgan fingerprint density at radius 1 is 1.07 bits per heavy atom. The lowest BCUT2D eigenvalue weighted by Gasteiger charge is -2.10. The van der Waals surface area contributed by atoms with E-state index in [9.17, 15) is 18.4 Å². The maximum atomic E-state index is 13.6. The Kier molecular flexibility index (Phi) is 8.09. The highest BCUT2D eigenvalue weighted by Crippen LogP contribution is 2.14. The fourth-order valence-corrected chi connectivity index (χ4v) is 2.57. The fourth-order valence-electron chi connectivity index (χ4n) is 2.57. The molecule has 0 aliphatic carbocycles. The average Bonchev–Trinajstić information content (AvgIpc) is 2.75. The lowest BCUT2D eigenvalue weighted by Crippen LogP contribution is -2.25. The number of methoxy groups -OCH3 is 1. The number of hydrogen-bond donors (Lipinski definition) is 2. The molecular formula is C22H22F2N2O3. The van der Waals surface area contributed by atoms with Gasteiger partial charge in [0.15, 0.2) is 0 Å². The number of nitrogens with two attached hydrogens (primary N) is 1. The summed E-state index contributed by atoms with van der Waals surface area (Å²) < 4.78 is 31.3. The van der Waals surface area contributed by atoms with E-state index in [0.29, 0.717) is 12.0 Å². The van der Waals surface area contributed by atoms with E-state index in [0.717, 1.165) is 23.4 Å². The van der Waals surface area contributed by atoms with Crippen LogP contribution in [0.1, 0.15) is 27.9 Å². The van der Waals surface area contributed by atoms with Crippen molar-refractivity contribution in [3.63, 3.8) is 0 Å². The predicted molar refractivity (Wildman–Crippen MR) is 106 cm³/mol. The molecule has 152 valence electrons. The van der Waals surface area contributed by atoms with Crippen LogP contribution in [0, 0.1) is 5.82 Å². The number of allylic oxidation sites excluding steroid dienone is 2. The summed E-state index contributed by atoms with van der Waals surface area (Å²) in [6.07, 6.45) is 2.54.